The monoisotopic (exact) mass is 336 g/mol. The molecule has 0 saturated carbocycles. The van der Waals surface area contributed by atoms with Gasteiger partial charge in [0.25, 0.3) is 0 Å². The summed E-state index contributed by atoms with van der Waals surface area (Å²) in [5.74, 6) is 1.89. The minimum atomic E-state index is 0.512. The summed E-state index contributed by atoms with van der Waals surface area (Å²) in [6, 6.07) is 16.3. The Hall–Kier alpha value is -2.59. The van der Waals surface area contributed by atoms with Crippen molar-refractivity contribution in [3.05, 3.63) is 72.6 Å². The average molecular weight is 336 g/mol. The van der Waals surface area contributed by atoms with E-state index in [9.17, 15) is 0 Å². The molecule has 0 N–H and O–H groups in total. The molecule has 2 aromatic carbocycles. The molecule has 25 heavy (non-hydrogen) atoms. The predicted octanol–water partition coefficient (Wildman–Crippen LogP) is 4.38. The molecule has 1 heterocycles. The van der Waals surface area contributed by atoms with Crippen molar-refractivity contribution < 1.29 is 9.47 Å². The first kappa shape index (κ1) is 17.2. The van der Waals surface area contributed by atoms with Gasteiger partial charge in [-0.15, -0.1) is 6.58 Å². The third kappa shape index (κ3) is 4.09. The van der Waals surface area contributed by atoms with Gasteiger partial charge in [0.15, 0.2) is 0 Å². The molecule has 4 nitrogen and oxygen atoms in total. The minimum Gasteiger partial charge on any atom is -0.493 e. The van der Waals surface area contributed by atoms with Crippen LogP contribution in [0.4, 0.5) is 0 Å². The SMILES string of the molecule is C=CCc1ccccc1OCCCn1c(COC)nc2ccccc21. The molecule has 3 aromatic rings. The highest BCUT2D eigenvalue weighted by atomic mass is 16.5. The predicted molar refractivity (Wildman–Crippen MR) is 101 cm³/mol. The number of allylic oxidation sites excluding steroid dienone is 1. The van der Waals surface area contributed by atoms with Crippen LogP contribution in [0.5, 0.6) is 5.75 Å². The maximum Gasteiger partial charge on any atom is 0.135 e. The average Bonchev–Trinajstić information content (AvgIpc) is 2.98. The van der Waals surface area contributed by atoms with Crippen molar-refractivity contribution in [2.75, 3.05) is 13.7 Å². The third-order valence-corrected chi connectivity index (χ3v) is 4.13. The largest absolute Gasteiger partial charge is 0.493 e. The van der Waals surface area contributed by atoms with E-state index in [1.165, 1.54) is 5.56 Å². The Kier molecular flexibility index (Phi) is 5.86. The highest BCUT2D eigenvalue weighted by molar-refractivity contribution is 5.75. The number of ether oxygens (including phenoxy) is 2. The van der Waals surface area contributed by atoms with E-state index in [2.05, 4.69) is 28.3 Å². The summed E-state index contributed by atoms with van der Waals surface area (Å²) in [6.45, 7) is 5.83. The van der Waals surface area contributed by atoms with Crippen LogP contribution in [0.3, 0.4) is 0 Å². The highest BCUT2D eigenvalue weighted by Gasteiger charge is 2.10. The van der Waals surface area contributed by atoms with Crippen LogP contribution in [-0.2, 0) is 24.3 Å². The minimum absolute atomic E-state index is 0.512. The van der Waals surface area contributed by atoms with E-state index in [0.717, 1.165) is 42.0 Å². The quantitative estimate of drug-likeness (QED) is 0.430. The summed E-state index contributed by atoms with van der Waals surface area (Å²) < 4.78 is 13.5. The van der Waals surface area contributed by atoms with E-state index in [0.29, 0.717) is 13.2 Å². The summed E-state index contributed by atoms with van der Waals surface area (Å²) in [5.41, 5.74) is 3.32. The van der Waals surface area contributed by atoms with Gasteiger partial charge in [-0.1, -0.05) is 36.4 Å². The number of para-hydroxylation sites is 3. The Balaban J connectivity index is 1.65. The lowest BCUT2D eigenvalue weighted by Gasteiger charge is -2.12. The highest BCUT2D eigenvalue weighted by Crippen LogP contribution is 2.20. The second-order valence-corrected chi connectivity index (χ2v) is 5.90. The molecule has 0 spiro atoms. The molecule has 0 saturated heterocycles. The molecule has 0 amide bonds. The summed E-state index contributed by atoms with van der Waals surface area (Å²) in [5, 5.41) is 0. The van der Waals surface area contributed by atoms with Gasteiger partial charge in [-0.05, 0) is 36.6 Å². The van der Waals surface area contributed by atoms with Gasteiger partial charge in [-0.25, -0.2) is 4.98 Å². The van der Waals surface area contributed by atoms with Gasteiger partial charge < -0.3 is 14.0 Å². The van der Waals surface area contributed by atoms with Crippen LogP contribution < -0.4 is 4.74 Å². The second-order valence-electron chi connectivity index (χ2n) is 5.90. The lowest BCUT2D eigenvalue weighted by atomic mass is 10.1. The van der Waals surface area contributed by atoms with Gasteiger partial charge in [-0.2, -0.15) is 0 Å². The molecular weight excluding hydrogens is 312 g/mol. The standard InChI is InChI=1S/C21H24N2O2/c1-3-9-17-10-4-7-13-20(17)25-15-8-14-23-19-12-6-5-11-18(19)22-21(23)16-24-2/h3-7,10-13H,1,8-9,14-16H2,2H3. The Morgan fingerprint density at radius 1 is 1.12 bits per heavy atom. The Labute approximate surface area is 148 Å². The number of aryl methyl sites for hydroxylation is 1. The van der Waals surface area contributed by atoms with Gasteiger partial charge in [0.2, 0.25) is 0 Å². The lowest BCUT2D eigenvalue weighted by Crippen LogP contribution is -2.09. The second kappa shape index (κ2) is 8.49. The molecule has 0 bridgehead atoms. The van der Waals surface area contributed by atoms with E-state index >= 15 is 0 Å². The number of aromatic nitrogens is 2. The number of benzene rings is 2. The maximum absolute atomic E-state index is 5.99. The fourth-order valence-corrected chi connectivity index (χ4v) is 2.99. The van der Waals surface area contributed by atoms with Crippen molar-refractivity contribution in [1.29, 1.82) is 0 Å². The summed E-state index contributed by atoms with van der Waals surface area (Å²) >= 11 is 0. The van der Waals surface area contributed by atoms with Gasteiger partial charge in [0.05, 0.1) is 17.6 Å². The van der Waals surface area contributed by atoms with Crippen LogP contribution in [-0.4, -0.2) is 23.3 Å². The molecule has 1 aromatic heterocycles. The molecule has 0 aliphatic rings. The normalized spacial score (nSPS) is 10.9. The van der Waals surface area contributed by atoms with E-state index in [-0.39, 0.29) is 0 Å². The van der Waals surface area contributed by atoms with Crippen LogP contribution in [0.25, 0.3) is 11.0 Å². The Morgan fingerprint density at radius 2 is 1.92 bits per heavy atom. The summed E-state index contributed by atoms with van der Waals surface area (Å²) in [7, 11) is 1.70. The Morgan fingerprint density at radius 3 is 2.76 bits per heavy atom. The number of rotatable bonds is 9. The molecule has 0 unspecified atom stereocenters. The van der Waals surface area contributed by atoms with Gasteiger partial charge in [0.1, 0.15) is 18.2 Å². The first-order valence-corrected chi connectivity index (χ1v) is 8.58. The van der Waals surface area contributed by atoms with Crippen molar-refractivity contribution in [3.8, 4) is 5.75 Å². The van der Waals surface area contributed by atoms with E-state index in [4.69, 9.17) is 9.47 Å². The molecular formula is C21H24N2O2. The zero-order valence-corrected chi connectivity index (χ0v) is 14.6. The third-order valence-electron chi connectivity index (χ3n) is 4.13. The molecule has 0 radical (unpaired) electrons. The molecule has 0 aliphatic heterocycles. The van der Waals surface area contributed by atoms with Crippen molar-refractivity contribution in [2.24, 2.45) is 0 Å². The number of imidazole rings is 1. The van der Waals surface area contributed by atoms with Crippen LogP contribution in [0.1, 0.15) is 17.8 Å². The van der Waals surface area contributed by atoms with E-state index in [1.807, 2.05) is 42.5 Å². The van der Waals surface area contributed by atoms with E-state index in [1.54, 1.807) is 7.11 Å². The number of hydrogen-bond acceptors (Lipinski definition) is 3. The number of fused-ring (bicyclic) bond motifs is 1. The smallest absolute Gasteiger partial charge is 0.135 e. The van der Waals surface area contributed by atoms with Crippen LogP contribution in [0.15, 0.2) is 61.2 Å². The summed E-state index contributed by atoms with van der Waals surface area (Å²) in [4.78, 5) is 4.66. The molecule has 3 rings (SSSR count). The molecule has 0 fully saturated rings. The number of hydrogen-bond donors (Lipinski definition) is 0. The van der Waals surface area contributed by atoms with Gasteiger partial charge in [-0.3, -0.25) is 0 Å². The van der Waals surface area contributed by atoms with Crippen molar-refractivity contribution in [3.63, 3.8) is 0 Å². The van der Waals surface area contributed by atoms with Crippen molar-refractivity contribution in [2.45, 2.75) is 26.0 Å². The number of nitrogens with zero attached hydrogens (tertiary/aromatic N) is 2. The fourth-order valence-electron chi connectivity index (χ4n) is 2.99. The molecule has 130 valence electrons. The molecule has 0 aliphatic carbocycles. The fraction of sp³-hybridized carbons (Fsp3) is 0.286. The zero-order valence-electron chi connectivity index (χ0n) is 14.6. The van der Waals surface area contributed by atoms with Crippen molar-refractivity contribution >= 4 is 11.0 Å². The summed E-state index contributed by atoms with van der Waals surface area (Å²) in [6.07, 6.45) is 3.62. The molecule has 4 heteroatoms. The van der Waals surface area contributed by atoms with Crippen molar-refractivity contribution in [1.82, 2.24) is 9.55 Å². The number of methoxy groups -OCH3 is 1. The topological polar surface area (TPSA) is 36.3 Å². The lowest BCUT2D eigenvalue weighted by molar-refractivity contribution is 0.174. The first-order chi connectivity index (χ1) is 12.3. The van der Waals surface area contributed by atoms with Crippen LogP contribution in [0.2, 0.25) is 0 Å². The maximum atomic E-state index is 5.99. The molecule has 0 atom stereocenters. The first-order valence-electron chi connectivity index (χ1n) is 8.58. The van der Waals surface area contributed by atoms with Crippen LogP contribution in [0, 0.1) is 0 Å². The van der Waals surface area contributed by atoms with Crippen LogP contribution >= 0.6 is 0 Å². The van der Waals surface area contributed by atoms with Gasteiger partial charge >= 0.3 is 0 Å². The van der Waals surface area contributed by atoms with E-state index < -0.39 is 0 Å². The van der Waals surface area contributed by atoms with Gasteiger partial charge in [0, 0.05) is 13.7 Å². The zero-order chi connectivity index (χ0) is 17.5. The Bertz CT molecular complexity index is 839.